The van der Waals surface area contributed by atoms with Gasteiger partial charge in [-0.05, 0) is 35.7 Å². The van der Waals surface area contributed by atoms with Gasteiger partial charge in [0.25, 0.3) is 0 Å². The minimum absolute atomic E-state index is 0.264. The van der Waals surface area contributed by atoms with E-state index < -0.39 is 17.8 Å². The van der Waals surface area contributed by atoms with Crippen LogP contribution in [0.1, 0.15) is 12.8 Å². The molecule has 4 atom stereocenters. The fraction of sp³-hybridized carbons (Fsp3) is 0.333. The van der Waals surface area contributed by atoms with Crippen LogP contribution in [0.2, 0.25) is 0 Å². The lowest BCUT2D eigenvalue weighted by Gasteiger charge is -2.23. The Hall–Kier alpha value is -2.40. The number of hydrogen-bond donors (Lipinski definition) is 2. The average molecular weight is 311 g/mol. The van der Waals surface area contributed by atoms with E-state index >= 15 is 0 Å². The SMILES string of the molecule is O=C(O)[C@@H]1[C@@H](C(=O)Nc2ccc3ccccc3c2)[C@H]2CC[C@H]1O2. The van der Waals surface area contributed by atoms with Crippen molar-refractivity contribution < 1.29 is 19.4 Å². The highest BCUT2D eigenvalue weighted by Gasteiger charge is 2.55. The van der Waals surface area contributed by atoms with Crippen LogP contribution in [0, 0.1) is 11.8 Å². The smallest absolute Gasteiger partial charge is 0.310 e. The third-order valence-corrected chi connectivity index (χ3v) is 4.88. The molecule has 5 heteroatoms. The van der Waals surface area contributed by atoms with E-state index in [0.29, 0.717) is 5.69 Å². The lowest BCUT2D eigenvalue weighted by Crippen LogP contribution is -2.40. The van der Waals surface area contributed by atoms with Gasteiger partial charge in [0.15, 0.2) is 0 Å². The molecule has 4 rings (SSSR count). The van der Waals surface area contributed by atoms with E-state index in [-0.39, 0.29) is 18.1 Å². The third-order valence-electron chi connectivity index (χ3n) is 4.88. The lowest BCUT2D eigenvalue weighted by atomic mass is 9.78. The van der Waals surface area contributed by atoms with Crippen molar-refractivity contribution in [2.24, 2.45) is 11.8 Å². The molecule has 0 aromatic heterocycles. The van der Waals surface area contributed by atoms with E-state index in [2.05, 4.69) is 5.32 Å². The second kappa shape index (κ2) is 5.35. The fourth-order valence-corrected chi connectivity index (χ4v) is 3.82. The van der Waals surface area contributed by atoms with Crippen molar-refractivity contribution >= 4 is 28.3 Å². The van der Waals surface area contributed by atoms with Crippen LogP contribution in [0.5, 0.6) is 0 Å². The van der Waals surface area contributed by atoms with E-state index in [0.717, 1.165) is 23.6 Å². The van der Waals surface area contributed by atoms with Crippen molar-refractivity contribution in [3.8, 4) is 0 Å². The Morgan fingerprint density at radius 3 is 2.43 bits per heavy atom. The van der Waals surface area contributed by atoms with Crippen LogP contribution in [0.4, 0.5) is 5.69 Å². The predicted octanol–water partition coefficient (Wildman–Crippen LogP) is 2.66. The van der Waals surface area contributed by atoms with Crippen molar-refractivity contribution in [1.82, 2.24) is 0 Å². The number of carboxylic acids is 1. The zero-order chi connectivity index (χ0) is 16.0. The number of carboxylic acid groups (broad SMARTS) is 1. The number of carbonyl (C=O) groups excluding carboxylic acids is 1. The molecule has 118 valence electrons. The molecule has 2 saturated heterocycles. The quantitative estimate of drug-likeness (QED) is 0.914. The van der Waals surface area contributed by atoms with Gasteiger partial charge in [-0.1, -0.05) is 30.3 Å². The molecule has 0 unspecified atom stereocenters. The summed E-state index contributed by atoms with van der Waals surface area (Å²) >= 11 is 0. The van der Waals surface area contributed by atoms with Crippen molar-refractivity contribution in [2.75, 3.05) is 5.32 Å². The van der Waals surface area contributed by atoms with Gasteiger partial charge in [-0.3, -0.25) is 9.59 Å². The molecule has 0 aliphatic carbocycles. The van der Waals surface area contributed by atoms with Crippen LogP contribution in [-0.2, 0) is 14.3 Å². The Labute approximate surface area is 133 Å². The number of carbonyl (C=O) groups is 2. The van der Waals surface area contributed by atoms with Gasteiger partial charge in [0, 0.05) is 5.69 Å². The standard InChI is InChI=1S/C18H17NO4/c20-17(15-13-7-8-14(23-13)16(15)18(21)22)19-12-6-5-10-3-1-2-4-11(10)9-12/h1-6,9,13-16H,7-8H2,(H,19,20)(H,21,22)/t13-,14-,15+,16+/m1/s1. The van der Waals surface area contributed by atoms with Gasteiger partial charge in [0.05, 0.1) is 24.0 Å². The summed E-state index contributed by atoms with van der Waals surface area (Å²) in [5, 5.41) is 14.4. The third kappa shape index (κ3) is 2.37. The van der Waals surface area contributed by atoms with Crippen LogP contribution in [0.25, 0.3) is 10.8 Å². The average Bonchev–Trinajstić information content (AvgIpc) is 3.15. The largest absolute Gasteiger partial charge is 0.481 e. The Morgan fingerprint density at radius 1 is 1.00 bits per heavy atom. The van der Waals surface area contributed by atoms with E-state index in [1.165, 1.54) is 0 Å². The molecule has 2 N–H and O–H groups in total. The molecule has 0 radical (unpaired) electrons. The molecule has 2 aliphatic rings. The summed E-state index contributed by atoms with van der Waals surface area (Å²) in [6.45, 7) is 0. The van der Waals surface area contributed by atoms with E-state index in [9.17, 15) is 14.7 Å². The van der Waals surface area contributed by atoms with Gasteiger partial charge < -0.3 is 15.2 Å². The summed E-state index contributed by atoms with van der Waals surface area (Å²) in [6, 6.07) is 13.6. The second-order valence-electron chi connectivity index (χ2n) is 6.23. The number of benzene rings is 2. The minimum atomic E-state index is -0.948. The van der Waals surface area contributed by atoms with Gasteiger partial charge in [-0.2, -0.15) is 0 Å². The summed E-state index contributed by atoms with van der Waals surface area (Å²) in [5.74, 6) is -2.57. The van der Waals surface area contributed by atoms with Gasteiger partial charge in [0.1, 0.15) is 0 Å². The molecule has 2 aromatic carbocycles. The van der Waals surface area contributed by atoms with Gasteiger partial charge >= 0.3 is 5.97 Å². The molecule has 2 aromatic rings. The number of fused-ring (bicyclic) bond motifs is 3. The molecule has 5 nitrogen and oxygen atoms in total. The number of hydrogen-bond acceptors (Lipinski definition) is 3. The first-order valence-electron chi connectivity index (χ1n) is 7.81. The summed E-state index contributed by atoms with van der Waals surface area (Å²) in [7, 11) is 0. The van der Waals surface area contributed by atoms with Crippen LogP contribution in [0.15, 0.2) is 42.5 Å². The predicted molar refractivity (Wildman–Crippen MR) is 85.1 cm³/mol. The normalized spacial score (nSPS) is 28.9. The van der Waals surface area contributed by atoms with Crippen LogP contribution in [0.3, 0.4) is 0 Å². The highest BCUT2D eigenvalue weighted by molar-refractivity contribution is 5.98. The highest BCUT2D eigenvalue weighted by atomic mass is 16.5. The van der Waals surface area contributed by atoms with Gasteiger partial charge in [-0.15, -0.1) is 0 Å². The van der Waals surface area contributed by atoms with Crippen LogP contribution < -0.4 is 5.32 Å². The summed E-state index contributed by atoms with van der Waals surface area (Å²) in [4.78, 5) is 24.1. The summed E-state index contributed by atoms with van der Waals surface area (Å²) in [5.41, 5.74) is 0.681. The molecule has 23 heavy (non-hydrogen) atoms. The highest BCUT2D eigenvalue weighted by Crippen LogP contribution is 2.44. The first kappa shape index (κ1) is 14.2. The Bertz CT molecular complexity index is 787. The number of nitrogens with one attached hydrogen (secondary N) is 1. The molecular formula is C18H17NO4. The number of amides is 1. The maximum absolute atomic E-state index is 12.6. The molecule has 0 spiro atoms. The van der Waals surface area contributed by atoms with Crippen LogP contribution >= 0.6 is 0 Å². The number of anilines is 1. The second-order valence-corrected chi connectivity index (χ2v) is 6.23. The van der Waals surface area contributed by atoms with E-state index in [1.54, 1.807) is 0 Å². The van der Waals surface area contributed by atoms with Gasteiger partial charge in [-0.25, -0.2) is 0 Å². The summed E-state index contributed by atoms with van der Waals surface area (Å²) in [6.07, 6.45) is 0.873. The molecule has 2 heterocycles. The molecular weight excluding hydrogens is 294 g/mol. The van der Waals surface area contributed by atoms with Crippen molar-refractivity contribution in [3.05, 3.63) is 42.5 Å². The first-order chi connectivity index (χ1) is 11.1. The van der Waals surface area contributed by atoms with Crippen molar-refractivity contribution in [3.63, 3.8) is 0 Å². The molecule has 2 bridgehead atoms. The minimum Gasteiger partial charge on any atom is -0.481 e. The van der Waals surface area contributed by atoms with E-state index in [1.807, 2.05) is 42.5 Å². The monoisotopic (exact) mass is 311 g/mol. The topological polar surface area (TPSA) is 75.6 Å². The van der Waals surface area contributed by atoms with Crippen LogP contribution in [-0.4, -0.2) is 29.2 Å². The number of ether oxygens (including phenoxy) is 1. The van der Waals surface area contributed by atoms with Crippen molar-refractivity contribution in [2.45, 2.75) is 25.0 Å². The Kier molecular flexibility index (Phi) is 3.31. The molecule has 2 fully saturated rings. The zero-order valence-corrected chi connectivity index (χ0v) is 12.4. The summed E-state index contributed by atoms with van der Waals surface area (Å²) < 4.78 is 5.65. The Balaban J connectivity index is 1.57. The molecule has 2 aliphatic heterocycles. The number of aliphatic carboxylic acids is 1. The molecule has 0 saturated carbocycles. The molecule has 1 amide bonds. The fourth-order valence-electron chi connectivity index (χ4n) is 3.82. The zero-order valence-electron chi connectivity index (χ0n) is 12.4. The van der Waals surface area contributed by atoms with Gasteiger partial charge in [0.2, 0.25) is 5.91 Å². The van der Waals surface area contributed by atoms with E-state index in [4.69, 9.17) is 4.74 Å². The van der Waals surface area contributed by atoms with Crippen molar-refractivity contribution in [1.29, 1.82) is 0 Å². The lowest BCUT2D eigenvalue weighted by molar-refractivity contribution is -0.147. The number of rotatable bonds is 3. The Morgan fingerprint density at radius 2 is 1.70 bits per heavy atom. The maximum Gasteiger partial charge on any atom is 0.310 e. The first-order valence-corrected chi connectivity index (χ1v) is 7.81. The maximum atomic E-state index is 12.6.